The number of benzene rings is 1. The van der Waals surface area contributed by atoms with Gasteiger partial charge >= 0.3 is 6.03 Å². The minimum absolute atomic E-state index is 0.0412. The molecule has 2 rings (SSSR count). The maximum absolute atomic E-state index is 11.9. The molecule has 0 aliphatic rings. The standard InChI is InChI=1S/C17H24N4O3/c1-5-14-20-21-15(24-14)12-6-8-13(9-7-12)19-16(22)18-10-17(4,23)11(2)3/h6-9,11,23H,5,10H2,1-4H3,(H2,18,19,22). The Balaban J connectivity index is 1.92. The van der Waals surface area contributed by atoms with Gasteiger partial charge in [-0.05, 0) is 37.1 Å². The van der Waals surface area contributed by atoms with Crippen LogP contribution in [0.1, 0.15) is 33.6 Å². The molecule has 0 spiro atoms. The number of urea groups is 1. The van der Waals surface area contributed by atoms with Crippen molar-refractivity contribution in [2.45, 2.75) is 39.7 Å². The van der Waals surface area contributed by atoms with Crippen LogP contribution in [-0.4, -0.2) is 33.5 Å². The van der Waals surface area contributed by atoms with E-state index in [1.54, 1.807) is 31.2 Å². The first-order valence-corrected chi connectivity index (χ1v) is 8.02. The molecule has 0 saturated heterocycles. The molecule has 0 aliphatic carbocycles. The van der Waals surface area contributed by atoms with Crippen molar-refractivity contribution in [1.82, 2.24) is 15.5 Å². The summed E-state index contributed by atoms with van der Waals surface area (Å²) < 4.78 is 5.49. The summed E-state index contributed by atoms with van der Waals surface area (Å²) in [6.07, 6.45) is 0.687. The lowest BCUT2D eigenvalue weighted by Gasteiger charge is -2.27. The number of hydrogen-bond donors (Lipinski definition) is 3. The van der Waals surface area contributed by atoms with Gasteiger partial charge in [0.05, 0.1) is 5.60 Å². The molecular weight excluding hydrogens is 308 g/mol. The van der Waals surface area contributed by atoms with Crippen LogP contribution in [0.5, 0.6) is 0 Å². The van der Waals surface area contributed by atoms with Gasteiger partial charge in [0, 0.05) is 24.2 Å². The third kappa shape index (κ3) is 4.55. The summed E-state index contributed by atoms with van der Waals surface area (Å²) in [5.74, 6) is 1.08. The number of rotatable bonds is 6. The summed E-state index contributed by atoms with van der Waals surface area (Å²) in [5.41, 5.74) is 0.474. The van der Waals surface area contributed by atoms with Gasteiger partial charge in [0.15, 0.2) is 0 Å². The number of aliphatic hydroxyl groups is 1. The zero-order chi connectivity index (χ0) is 17.7. The second kappa shape index (κ2) is 7.44. The van der Waals surface area contributed by atoms with E-state index in [1.807, 2.05) is 20.8 Å². The highest BCUT2D eigenvalue weighted by Crippen LogP contribution is 2.20. The molecule has 24 heavy (non-hydrogen) atoms. The summed E-state index contributed by atoms with van der Waals surface area (Å²) in [6, 6.07) is 6.74. The van der Waals surface area contributed by atoms with Crippen LogP contribution in [-0.2, 0) is 6.42 Å². The lowest BCUT2D eigenvalue weighted by atomic mass is 9.93. The van der Waals surface area contributed by atoms with E-state index in [-0.39, 0.29) is 18.5 Å². The number of nitrogens with zero attached hydrogens (tertiary/aromatic N) is 2. The van der Waals surface area contributed by atoms with E-state index in [0.717, 1.165) is 5.56 Å². The third-order valence-electron chi connectivity index (χ3n) is 4.01. The van der Waals surface area contributed by atoms with Crippen molar-refractivity contribution < 1.29 is 14.3 Å². The summed E-state index contributed by atoms with van der Waals surface area (Å²) in [4.78, 5) is 11.9. The molecule has 1 aromatic carbocycles. The van der Waals surface area contributed by atoms with E-state index in [0.29, 0.717) is 23.9 Å². The molecule has 2 amide bonds. The molecule has 130 valence electrons. The van der Waals surface area contributed by atoms with Crippen LogP contribution >= 0.6 is 0 Å². The minimum atomic E-state index is -0.948. The lowest BCUT2D eigenvalue weighted by Crippen LogP contribution is -2.45. The fraction of sp³-hybridized carbons (Fsp3) is 0.471. The van der Waals surface area contributed by atoms with E-state index in [9.17, 15) is 9.90 Å². The van der Waals surface area contributed by atoms with Crippen molar-refractivity contribution in [2.75, 3.05) is 11.9 Å². The number of nitrogens with one attached hydrogen (secondary N) is 2. The summed E-state index contributed by atoms with van der Waals surface area (Å²) in [5, 5.41) is 23.4. The molecule has 0 bridgehead atoms. The monoisotopic (exact) mass is 332 g/mol. The maximum Gasteiger partial charge on any atom is 0.319 e. The Labute approximate surface area is 141 Å². The fourth-order valence-corrected chi connectivity index (χ4v) is 1.85. The van der Waals surface area contributed by atoms with Crippen molar-refractivity contribution in [3.05, 3.63) is 30.2 Å². The topological polar surface area (TPSA) is 100 Å². The second-order valence-corrected chi connectivity index (χ2v) is 6.25. The highest BCUT2D eigenvalue weighted by Gasteiger charge is 2.25. The fourth-order valence-electron chi connectivity index (χ4n) is 1.85. The zero-order valence-corrected chi connectivity index (χ0v) is 14.5. The van der Waals surface area contributed by atoms with Crippen LogP contribution in [0.2, 0.25) is 0 Å². The molecule has 0 aliphatic heterocycles. The largest absolute Gasteiger partial charge is 0.421 e. The van der Waals surface area contributed by atoms with Gasteiger partial charge in [-0.15, -0.1) is 10.2 Å². The zero-order valence-electron chi connectivity index (χ0n) is 14.5. The van der Waals surface area contributed by atoms with Gasteiger partial charge in [0.25, 0.3) is 0 Å². The van der Waals surface area contributed by atoms with Crippen molar-refractivity contribution >= 4 is 11.7 Å². The highest BCUT2D eigenvalue weighted by atomic mass is 16.4. The van der Waals surface area contributed by atoms with Gasteiger partial charge in [-0.25, -0.2) is 4.79 Å². The normalized spacial score (nSPS) is 13.6. The van der Waals surface area contributed by atoms with Gasteiger partial charge in [-0.3, -0.25) is 0 Å². The second-order valence-electron chi connectivity index (χ2n) is 6.25. The van der Waals surface area contributed by atoms with Crippen LogP contribution in [0.3, 0.4) is 0 Å². The number of hydrogen-bond acceptors (Lipinski definition) is 5. The van der Waals surface area contributed by atoms with Crippen LogP contribution in [0.4, 0.5) is 10.5 Å². The summed E-state index contributed by atoms with van der Waals surface area (Å²) in [6.45, 7) is 7.62. The van der Waals surface area contributed by atoms with E-state index >= 15 is 0 Å². The predicted molar refractivity (Wildman–Crippen MR) is 91.6 cm³/mol. The quantitative estimate of drug-likeness (QED) is 0.755. The van der Waals surface area contributed by atoms with Crippen LogP contribution in [0.15, 0.2) is 28.7 Å². The van der Waals surface area contributed by atoms with Gasteiger partial charge in [-0.1, -0.05) is 20.8 Å². The molecule has 0 fully saturated rings. The van der Waals surface area contributed by atoms with Crippen molar-refractivity contribution in [1.29, 1.82) is 0 Å². The average molecular weight is 332 g/mol. The smallest absolute Gasteiger partial charge is 0.319 e. The molecule has 7 heteroatoms. The molecule has 2 aromatic rings. The molecule has 3 N–H and O–H groups in total. The van der Waals surface area contributed by atoms with Gasteiger partial charge in [-0.2, -0.15) is 0 Å². The van der Waals surface area contributed by atoms with E-state index in [2.05, 4.69) is 20.8 Å². The maximum atomic E-state index is 11.9. The summed E-state index contributed by atoms with van der Waals surface area (Å²) in [7, 11) is 0. The number of anilines is 1. The Morgan fingerprint density at radius 1 is 1.29 bits per heavy atom. The number of carbonyl (C=O) groups is 1. The number of aromatic nitrogens is 2. The Hall–Kier alpha value is -2.41. The van der Waals surface area contributed by atoms with Gasteiger partial charge in [0.2, 0.25) is 11.8 Å². The van der Waals surface area contributed by atoms with E-state index < -0.39 is 5.60 Å². The molecule has 1 unspecified atom stereocenters. The predicted octanol–water partition coefficient (Wildman–Crippen LogP) is 2.83. The van der Waals surface area contributed by atoms with Gasteiger partial charge in [0.1, 0.15) is 0 Å². The van der Waals surface area contributed by atoms with Gasteiger partial charge < -0.3 is 20.2 Å². The lowest BCUT2D eigenvalue weighted by molar-refractivity contribution is 0.0170. The average Bonchev–Trinajstić information content (AvgIpc) is 3.03. The first-order valence-electron chi connectivity index (χ1n) is 8.02. The first kappa shape index (κ1) is 17.9. The molecule has 7 nitrogen and oxygen atoms in total. The Kier molecular flexibility index (Phi) is 5.56. The Bertz CT molecular complexity index is 677. The van der Waals surface area contributed by atoms with E-state index in [1.165, 1.54) is 0 Å². The summed E-state index contributed by atoms with van der Waals surface area (Å²) >= 11 is 0. The van der Waals surface area contributed by atoms with Crippen LogP contribution in [0, 0.1) is 5.92 Å². The molecule has 0 saturated carbocycles. The van der Waals surface area contributed by atoms with Crippen molar-refractivity contribution in [3.8, 4) is 11.5 Å². The van der Waals surface area contributed by atoms with Crippen molar-refractivity contribution in [2.24, 2.45) is 5.92 Å². The van der Waals surface area contributed by atoms with Crippen molar-refractivity contribution in [3.63, 3.8) is 0 Å². The third-order valence-corrected chi connectivity index (χ3v) is 4.01. The SMILES string of the molecule is CCc1nnc(-c2ccc(NC(=O)NCC(C)(O)C(C)C)cc2)o1. The molecule has 1 heterocycles. The minimum Gasteiger partial charge on any atom is -0.421 e. The molecule has 1 aromatic heterocycles. The van der Waals surface area contributed by atoms with Crippen LogP contribution in [0.25, 0.3) is 11.5 Å². The first-order chi connectivity index (χ1) is 11.3. The number of amides is 2. The Morgan fingerprint density at radius 3 is 2.50 bits per heavy atom. The van der Waals surface area contributed by atoms with Crippen LogP contribution < -0.4 is 10.6 Å². The molecular formula is C17H24N4O3. The number of carbonyl (C=O) groups excluding carboxylic acids is 1. The molecule has 0 radical (unpaired) electrons. The van der Waals surface area contributed by atoms with E-state index in [4.69, 9.17) is 4.42 Å². The molecule has 1 atom stereocenters. The Morgan fingerprint density at radius 2 is 1.96 bits per heavy atom. The highest BCUT2D eigenvalue weighted by molar-refractivity contribution is 5.89. The number of aryl methyl sites for hydroxylation is 1.